The predicted molar refractivity (Wildman–Crippen MR) is 102 cm³/mol. The standard InChI is InChI=1S/C21H23NO2S/c1-2-3-4-5-6-7-17-8-10-18(11-9-17)21(23)24-19-12-14-20(15-13-19)25-16-22/h8-15H,2-7H2,1H3. The first-order valence-corrected chi connectivity index (χ1v) is 9.51. The molecule has 0 N–H and O–H groups in total. The molecule has 0 bridgehead atoms. The van der Waals surface area contributed by atoms with E-state index in [0.717, 1.165) is 23.1 Å². The number of unbranched alkanes of at least 4 members (excludes halogenated alkanes) is 4. The molecular formula is C21H23NO2S. The maximum Gasteiger partial charge on any atom is 0.343 e. The van der Waals surface area contributed by atoms with Crippen LogP contribution in [0.1, 0.15) is 54.9 Å². The Bertz CT molecular complexity index is 702. The molecule has 0 spiro atoms. The lowest BCUT2D eigenvalue weighted by Crippen LogP contribution is -2.08. The average Bonchev–Trinajstić information content (AvgIpc) is 2.64. The van der Waals surface area contributed by atoms with E-state index in [-0.39, 0.29) is 5.97 Å². The maximum absolute atomic E-state index is 12.2. The number of carbonyl (C=O) groups excluding carboxylic acids is 1. The van der Waals surface area contributed by atoms with Crippen molar-refractivity contribution in [2.45, 2.75) is 50.3 Å². The van der Waals surface area contributed by atoms with Crippen molar-refractivity contribution in [2.75, 3.05) is 0 Å². The van der Waals surface area contributed by atoms with Crippen LogP contribution in [0.2, 0.25) is 0 Å². The topological polar surface area (TPSA) is 50.1 Å². The molecule has 2 aromatic rings. The Labute approximate surface area is 154 Å². The van der Waals surface area contributed by atoms with Crippen LogP contribution < -0.4 is 4.74 Å². The van der Waals surface area contributed by atoms with E-state index in [0.29, 0.717) is 11.3 Å². The Morgan fingerprint density at radius 3 is 2.32 bits per heavy atom. The number of rotatable bonds is 9. The number of aryl methyl sites for hydroxylation is 1. The molecule has 0 aliphatic carbocycles. The molecule has 3 nitrogen and oxygen atoms in total. The van der Waals surface area contributed by atoms with Gasteiger partial charge >= 0.3 is 5.97 Å². The van der Waals surface area contributed by atoms with Crippen LogP contribution in [0.5, 0.6) is 5.75 Å². The third-order valence-electron chi connectivity index (χ3n) is 3.96. The largest absolute Gasteiger partial charge is 0.423 e. The third kappa shape index (κ3) is 6.64. The van der Waals surface area contributed by atoms with Crippen molar-refractivity contribution >= 4 is 17.7 Å². The van der Waals surface area contributed by atoms with Gasteiger partial charge in [0.25, 0.3) is 0 Å². The maximum atomic E-state index is 12.2. The average molecular weight is 353 g/mol. The zero-order valence-corrected chi connectivity index (χ0v) is 15.3. The van der Waals surface area contributed by atoms with Crippen molar-refractivity contribution in [3.05, 3.63) is 59.7 Å². The van der Waals surface area contributed by atoms with Crippen LogP contribution in [0.4, 0.5) is 0 Å². The lowest BCUT2D eigenvalue weighted by Gasteiger charge is -2.06. The van der Waals surface area contributed by atoms with Crippen LogP contribution in [0.15, 0.2) is 53.4 Å². The van der Waals surface area contributed by atoms with Crippen molar-refractivity contribution in [3.8, 4) is 11.2 Å². The minimum atomic E-state index is -0.366. The SMILES string of the molecule is CCCCCCCc1ccc(C(=O)Oc2ccc(SC#N)cc2)cc1. The molecule has 0 heterocycles. The Morgan fingerprint density at radius 1 is 1.00 bits per heavy atom. The number of nitrogens with zero attached hydrogens (tertiary/aromatic N) is 1. The highest BCUT2D eigenvalue weighted by atomic mass is 32.2. The molecular weight excluding hydrogens is 330 g/mol. The molecule has 2 aromatic carbocycles. The summed E-state index contributed by atoms with van der Waals surface area (Å²) in [6.07, 6.45) is 7.37. The van der Waals surface area contributed by atoms with Gasteiger partial charge in [0.1, 0.15) is 11.2 Å². The van der Waals surface area contributed by atoms with Crippen LogP contribution in [-0.4, -0.2) is 5.97 Å². The van der Waals surface area contributed by atoms with Crippen molar-refractivity contribution in [2.24, 2.45) is 0 Å². The molecule has 0 aliphatic rings. The van der Waals surface area contributed by atoms with Crippen LogP contribution in [-0.2, 0) is 6.42 Å². The predicted octanol–water partition coefficient (Wildman–Crippen LogP) is 5.99. The Morgan fingerprint density at radius 2 is 1.68 bits per heavy atom. The lowest BCUT2D eigenvalue weighted by molar-refractivity contribution is 0.0734. The molecule has 130 valence electrons. The van der Waals surface area contributed by atoms with Crippen molar-refractivity contribution in [1.29, 1.82) is 5.26 Å². The van der Waals surface area contributed by atoms with E-state index in [1.54, 1.807) is 24.3 Å². The van der Waals surface area contributed by atoms with Crippen LogP contribution in [0, 0.1) is 10.7 Å². The molecule has 0 saturated carbocycles. The van der Waals surface area contributed by atoms with Gasteiger partial charge in [-0.2, -0.15) is 5.26 Å². The fourth-order valence-corrected chi connectivity index (χ4v) is 2.91. The minimum Gasteiger partial charge on any atom is -0.423 e. The van der Waals surface area contributed by atoms with Gasteiger partial charge in [-0.05, 0) is 66.6 Å². The highest BCUT2D eigenvalue weighted by Crippen LogP contribution is 2.21. The normalized spacial score (nSPS) is 10.2. The number of hydrogen-bond donors (Lipinski definition) is 0. The summed E-state index contributed by atoms with van der Waals surface area (Å²) >= 11 is 1.08. The molecule has 0 aliphatic heterocycles. The quantitative estimate of drug-likeness (QED) is 0.183. The van der Waals surface area contributed by atoms with Gasteiger partial charge in [-0.25, -0.2) is 4.79 Å². The number of thioether (sulfide) groups is 1. The second-order valence-electron chi connectivity index (χ2n) is 5.92. The minimum absolute atomic E-state index is 0.366. The van der Waals surface area contributed by atoms with Gasteiger partial charge in [-0.1, -0.05) is 44.7 Å². The van der Waals surface area contributed by atoms with Crippen LogP contribution in [0.3, 0.4) is 0 Å². The summed E-state index contributed by atoms with van der Waals surface area (Å²) in [7, 11) is 0. The van der Waals surface area contributed by atoms with E-state index < -0.39 is 0 Å². The summed E-state index contributed by atoms with van der Waals surface area (Å²) in [6, 6.07) is 14.6. The molecule has 0 atom stereocenters. The number of esters is 1. The first kappa shape index (κ1) is 19.1. The van der Waals surface area contributed by atoms with Gasteiger partial charge < -0.3 is 4.74 Å². The number of carbonyl (C=O) groups is 1. The van der Waals surface area contributed by atoms with Gasteiger partial charge in [0.2, 0.25) is 0 Å². The van der Waals surface area contributed by atoms with Crippen molar-refractivity contribution in [1.82, 2.24) is 0 Å². The molecule has 0 aromatic heterocycles. The molecule has 0 amide bonds. The summed E-state index contributed by atoms with van der Waals surface area (Å²) in [6.45, 7) is 2.22. The second kappa shape index (κ2) is 10.6. The van der Waals surface area contributed by atoms with Crippen LogP contribution >= 0.6 is 11.8 Å². The molecule has 0 unspecified atom stereocenters. The zero-order chi connectivity index (χ0) is 17.9. The van der Waals surface area contributed by atoms with Gasteiger partial charge in [0.15, 0.2) is 0 Å². The zero-order valence-electron chi connectivity index (χ0n) is 14.5. The number of thiocyanates is 1. The first-order valence-electron chi connectivity index (χ1n) is 8.70. The number of benzene rings is 2. The van der Waals surface area contributed by atoms with Crippen molar-refractivity contribution < 1.29 is 9.53 Å². The van der Waals surface area contributed by atoms with E-state index in [9.17, 15) is 4.79 Å². The number of ether oxygens (including phenoxy) is 1. The highest BCUT2D eigenvalue weighted by molar-refractivity contribution is 8.03. The van der Waals surface area contributed by atoms with E-state index in [1.165, 1.54) is 37.7 Å². The summed E-state index contributed by atoms with van der Waals surface area (Å²) in [5.74, 6) is 0.113. The lowest BCUT2D eigenvalue weighted by atomic mass is 10.0. The number of nitriles is 1. The van der Waals surface area contributed by atoms with Gasteiger partial charge in [0.05, 0.1) is 5.56 Å². The van der Waals surface area contributed by atoms with Crippen LogP contribution in [0.25, 0.3) is 0 Å². The summed E-state index contributed by atoms with van der Waals surface area (Å²) < 4.78 is 5.37. The van der Waals surface area contributed by atoms with Crippen molar-refractivity contribution in [3.63, 3.8) is 0 Å². The fraction of sp³-hybridized carbons (Fsp3) is 0.333. The monoisotopic (exact) mass is 353 g/mol. The third-order valence-corrected chi connectivity index (χ3v) is 4.56. The molecule has 0 radical (unpaired) electrons. The number of hydrogen-bond acceptors (Lipinski definition) is 4. The molecule has 0 fully saturated rings. The van der Waals surface area contributed by atoms with E-state index >= 15 is 0 Å². The second-order valence-corrected chi connectivity index (χ2v) is 6.77. The highest BCUT2D eigenvalue weighted by Gasteiger charge is 2.08. The van der Waals surface area contributed by atoms with E-state index in [2.05, 4.69) is 6.92 Å². The Hall–Kier alpha value is -2.25. The Balaban J connectivity index is 1.84. The summed E-state index contributed by atoms with van der Waals surface area (Å²) in [5, 5.41) is 10.6. The summed E-state index contributed by atoms with van der Waals surface area (Å²) in [5.41, 5.74) is 1.80. The molecule has 25 heavy (non-hydrogen) atoms. The van der Waals surface area contributed by atoms with Gasteiger partial charge in [0, 0.05) is 4.90 Å². The van der Waals surface area contributed by atoms with E-state index in [4.69, 9.17) is 10.00 Å². The fourth-order valence-electron chi connectivity index (χ4n) is 2.53. The first-order chi connectivity index (χ1) is 12.2. The molecule has 0 saturated heterocycles. The van der Waals surface area contributed by atoms with Gasteiger partial charge in [-0.15, -0.1) is 0 Å². The smallest absolute Gasteiger partial charge is 0.343 e. The molecule has 2 rings (SSSR count). The Kier molecular flexibility index (Phi) is 8.08. The van der Waals surface area contributed by atoms with E-state index in [1.807, 2.05) is 29.7 Å². The molecule has 4 heteroatoms. The summed E-state index contributed by atoms with van der Waals surface area (Å²) in [4.78, 5) is 13.0. The van der Waals surface area contributed by atoms with Gasteiger partial charge in [-0.3, -0.25) is 0 Å².